The number of halogens is 1. The first kappa shape index (κ1) is 13.9. The van der Waals surface area contributed by atoms with Gasteiger partial charge >= 0.3 is 0 Å². The van der Waals surface area contributed by atoms with E-state index in [-0.39, 0.29) is 0 Å². The lowest BCUT2D eigenvalue weighted by Crippen LogP contribution is -2.21. The Kier molecular flexibility index (Phi) is 5.57. The quantitative estimate of drug-likeness (QED) is 0.778. The van der Waals surface area contributed by atoms with E-state index in [0.29, 0.717) is 5.25 Å². The van der Waals surface area contributed by atoms with Crippen LogP contribution in [0.5, 0.6) is 0 Å². The van der Waals surface area contributed by atoms with E-state index in [4.69, 9.17) is 11.6 Å². The van der Waals surface area contributed by atoms with E-state index in [9.17, 15) is 0 Å². The van der Waals surface area contributed by atoms with Gasteiger partial charge in [0.15, 0.2) is 0 Å². The third-order valence-electron chi connectivity index (χ3n) is 2.44. The molecule has 1 heterocycles. The number of nitrogens with one attached hydrogen (secondary N) is 1. The summed E-state index contributed by atoms with van der Waals surface area (Å²) in [7, 11) is 0. The van der Waals surface area contributed by atoms with Gasteiger partial charge < -0.3 is 5.32 Å². The Hall–Kier alpha value is -0.480. The van der Waals surface area contributed by atoms with E-state index in [1.165, 1.54) is 9.77 Å². The molecule has 0 aliphatic heterocycles. The van der Waals surface area contributed by atoms with Gasteiger partial charge in [-0.25, -0.2) is 0 Å². The highest BCUT2D eigenvalue weighted by Gasteiger charge is 2.04. The van der Waals surface area contributed by atoms with Crippen LogP contribution in [0.1, 0.15) is 11.8 Å². The standard InChI is InChI=1S/C14H16ClNS2/c1-11(9-16-10-14-6-3-7-17-14)18-13-5-2-4-12(15)8-13/h2-8,11,16H,9-10H2,1H3. The van der Waals surface area contributed by atoms with Crippen LogP contribution >= 0.6 is 34.7 Å². The van der Waals surface area contributed by atoms with Crippen LogP contribution in [0.25, 0.3) is 0 Å². The van der Waals surface area contributed by atoms with Crippen LogP contribution in [-0.4, -0.2) is 11.8 Å². The van der Waals surface area contributed by atoms with Gasteiger partial charge in [0.2, 0.25) is 0 Å². The molecule has 1 atom stereocenters. The minimum Gasteiger partial charge on any atom is -0.311 e. The fraction of sp³-hybridized carbons (Fsp3) is 0.286. The normalized spacial score (nSPS) is 12.6. The van der Waals surface area contributed by atoms with Crippen LogP contribution in [0.2, 0.25) is 5.02 Å². The molecule has 1 aromatic carbocycles. The third kappa shape index (κ3) is 4.65. The predicted octanol–water partition coefficient (Wildman–Crippen LogP) is 4.67. The van der Waals surface area contributed by atoms with Gasteiger partial charge in [0.1, 0.15) is 0 Å². The SMILES string of the molecule is CC(CNCc1cccs1)Sc1cccc(Cl)c1. The maximum atomic E-state index is 5.97. The molecule has 0 fully saturated rings. The molecule has 0 saturated heterocycles. The van der Waals surface area contributed by atoms with E-state index in [0.717, 1.165) is 18.1 Å². The van der Waals surface area contributed by atoms with Crippen molar-refractivity contribution in [1.29, 1.82) is 0 Å². The van der Waals surface area contributed by atoms with Crippen LogP contribution in [0, 0.1) is 0 Å². The molecular weight excluding hydrogens is 282 g/mol. The summed E-state index contributed by atoms with van der Waals surface area (Å²) in [5, 5.41) is 6.93. The van der Waals surface area contributed by atoms with Crippen molar-refractivity contribution in [2.75, 3.05) is 6.54 Å². The number of thiophene rings is 1. The number of hydrogen-bond acceptors (Lipinski definition) is 3. The average molecular weight is 298 g/mol. The van der Waals surface area contributed by atoms with Gasteiger partial charge in [-0.1, -0.05) is 30.7 Å². The van der Waals surface area contributed by atoms with Crippen molar-refractivity contribution < 1.29 is 0 Å². The summed E-state index contributed by atoms with van der Waals surface area (Å²) < 4.78 is 0. The van der Waals surface area contributed by atoms with Gasteiger partial charge in [-0.3, -0.25) is 0 Å². The van der Waals surface area contributed by atoms with Crippen LogP contribution in [-0.2, 0) is 6.54 Å². The van der Waals surface area contributed by atoms with Gasteiger partial charge in [-0.15, -0.1) is 23.1 Å². The molecule has 1 aromatic heterocycles. The topological polar surface area (TPSA) is 12.0 Å². The molecule has 0 bridgehead atoms. The minimum atomic E-state index is 0.531. The molecule has 96 valence electrons. The summed E-state index contributed by atoms with van der Waals surface area (Å²) in [6.07, 6.45) is 0. The Labute approximate surface area is 122 Å². The van der Waals surface area contributed by atoms with E-state index < -0.39 is 0 Å². The Balaban J connectivity index is 1.73. The number of thioether (sulfide) groups is 1. The van der Waals surface area contributed by atoms with Crippen LogP contribution in [0.4, 0.5) is 0 Å². The lowest BCUT2D eigenvalue weighted by Gasteiger charge is -2.12. The monoisotopic (exact) mass is 297 g/mol. The summed E-state index contributed by atoms with van der Waals surface area (Å²) >= 11 is 9.62. The van der Waals surface area contributed by atoms with E-state index in [1.807, 2.05) is 30.0 Å². The molecule has 0 spiro atoms. The fourth-order valence-corrected chi connectivity index (χ4v) is 3.57. The molecule has 0 saturated carbocycles. The molecule has 1 unspecified atom stereocenters. The average Bonchev–Trinajstić information content (AvgIpc) is 2.82. The van der Waals surface area contributed by atoms with Gasteiger partial charge in [0, 0.05) is 33.1 Å². The second kappa shape index (κ2) is 7.19. The molecular formula is C14H16ClNS2. The molecule has 0 aliphatic carbocycles. The molecule has 4 heteroatoms. The van der Waals surface area contributed by atoms with Gasteiger partial charge in [-0.2, -0.15) is 0 Å². The smallest absolute Gasteiger partial charge is 0.0417 e. The summed E-state index contributed by atoms with van der Waals surface area (Å²) in [5.41, 5.74) is 0. The highest BCUT2D eigenvalue weighted by atomic mass is 35.5. The zero-order valence-corrected chi connectivity index (χ0v) is 12.6. The van der Waals surface area contributed by atoms with Crippen molar-refractivity contribution in [3.05, 3.63) is 51.7 Å². The summed E-state index contributed by atoms with van der Waals surface area (Å²) in [6, 6.07) is 12.3. The van der Waals surface area contributed by atoms with Crippen molar-refractivity contribution in [3.63, 3.8) is 0 Å². The first-order valence-electron chi connectivity index (χ1n) is 5.89. The van der Waals surface area contributed by atoms with Crippen LogP contribution in [0.15, 0.2) is 46.7 Å². The molecule has 1 nitrogen and oxygen atoms in total. The molecule has 0 radical (unpaired) electrons. The first-order valence-corrected chi connectivity index (χ1v) is 8.03. The highest BCUT2D eigenvalue weighted by molar-refractivity contribution is 8.00. The maximum absolute atomic E-state index is 5.97. The largest absolute Gasteiger partial charge is 0.311 e. The second-order valence-electron chi connectivity index (χ2n) is 4.10. The molecule has 1 N–H and O–H groups in total. The molecule has 2 rings (SSSR count). The van der Waals surface area contributed by atoms with Crippen molar-refractivity contribution in [3.8, 4) is 0 Å². The van der Waals surface area contributed by atoms with E-state index >= 15 is 0 Å². The van der Waals surface area contributed by atoms with Crippen molar-refractivity contribution >= 4 is 34.7 Å². The highest BCUT2D eigenvalue weighted by Crippen LogP contribution is 2.25. The lowest BCUT2D eigenvalue weighted by atomic mass is 10.4. The van der Waals surface area contributed by atoms with Gasteiger partial charge in [-0.05, 0) is 29.6 Å². The number of hydrogen-bond donors (Lipinski definition) is 1. The summed E-state index contributed by atoms with van der Waals surface area (Å²) in [6.45, 7) is 4.18. The lowest BCUT2D eigenvalue weighted by molar-refractivity contribution is 0.690. The van der Waals surface area contributed by atoms with Crippen LogP contribution in [0.3, 0.4) is 0 Å². The predicted molar refractivity (Wildman–Crippen MR) is 82.8 cm³/mol. The van der Waals surface area contributed by atoms with Gasteiger partial charge in [0.05, 0.1) is 0 Å². The number of benzene rings is 1. The Morgan fingerprint density at radius 3 is 2.94 bits per heavy atom. The van der Waals surface area contributed by atoms with Gasteiger partial charge in [0.25, 0.3) is 0 Å². The third-order valence-corrected chi connectivity index (χ3v) is 4.65. The Bertz CT molecular complexity index is 470. The summed E-state index contributed by atoms with van der Waals surface area (Å²) in [5.74, 6) is 0. The Morgan fingerprint density at radius 2 is 2.22 bits per heavy atom. The van der Waals surface area contributed by atoms with Crippen molar-refractivity contribution in [1.82, 2.24) is 5.32 Å². The molecule has 18 heavy (non-hydrogen) atoms. The minimum absolute atomic E-state index is 0.531. The molecule has 0 aliphatic rings. The molecule has 0 amide bonds. The zero-order valence-electron chi connectivity index (χ0n) is 10.2. The van der Waals surface area contributed by atoms with Crippen molar-refractivity contribution in [2.24, 2.45) is 0 Å². The van der Waals surface area contributed by atoms with E-state index in [1.54, 1.807) is 11.3 Å². The fourth-order valence-electron chi connectivity index (χ4n) is 1.63. The second-order valence-corrected chi connectivity index (χ2v) is 7.08. The van der Waals surface area contributed by atoms with Crippen LogP contribution < -0.4 is 5.32 Å². The van der Waals surface area contributed by atoms with E-state index in [2.05, 4.69) is 35.8 Å². The summed E-state index contributed by atoms with van der Waals surface area (Å²) in [4.78, 5) is 2.61. The maximum Gasteiger partial charge on any atom is 0.0417 e. The Morgan fingerprint density at radius 1 is 1.33 bits per heavy atom. The molecule has 2 aromatic rings. The first-order chi connectivity index (χ1) is 8.74. The zero-order chi connectivity index (χ0) is 12.8. The van der Waals surface area contributed by atoms with Crippen molar-refractivity contribution in [2.45, 2.75) is 23.6 Å². The number of rotatable bonds is 6.